The van der Waals surface area contributed by atoms with Crippen molar-refractivity contribution in [2.45, 2.75) is 45.1 Å². The van der Waals surface area contributed by atoms with Gasteiger partial charge in [-0.3, -0.25) is 0 Å². The molecule has 12 heavy (non-hydrogen) atoms. The van der Waals surface area contributed by atoms with Crippen molar-refractivity contribution in [2.75, 3.05) is 13.2 Å². The van der Waals surface area contributed by atoms with E-state index < -0.39 is 0 Å². The van der Waals surface area contributed by atoms with Crippen molar-refractivity contribution in [1.82, 2.24) is 0 Å². The van der Waals surface area contributed by atoms with Crippen LogP contribution < -0.4 is 0 Å². The molecule has 1 fully saturated rings. The smallest absolute Gasteiger partial charge is 0.0912 e. The second-order valence-electron chi connectivity index (χ2n) is 3.96. The maximum absolute atomic E-state index is 9.23. The summed E-state index contributed by atoms with van der Waals surface area (Å²) < 4.78 is 5.62. The molecule has 0 radical (unpaired) electrons. The first-order valence-electron chi connectivity index (χ1n) is 4.97. The van der Waals surface area contributed by atoms with E-state index in [4.69, 9.17) is 4.74 Å². The molecular formula is C10H20O2. The molecule has 1 aliphatic carbocycles. The summed E-state index contributed by atoms with van der Waals surface area (Å²) in [7, 11) is 0. The predicted octanol–water partition coefficient (Wildman–Crippen LogP) is 1.96. The molecule has 0 spiro atoms. The van der Waals surface area contributed by atoms with Gasteiger partial charge in [-0.05, 0) is 38.5 Å². The van der Waals surface area contributed by atoms with Gasteiger partial charge in [-0.1, -0.05) is 6.92 Å². The van der Waals surface area contributed by atoms with Gasteiger partial charge in [0.1, 0.15) is 0 Å². The summed E-state index contributed by atoms with van der Waals surface area (Å²) >= 11 is 0. The van der Waals surface area contributed by atoms with E-state index in [2.05, 4.69) is 6.92 Å². The van der Waals surface area contributed by atoms with Crippen molar-refractivity contribution in [2.24, 2.45) is 5.92 Å². The van der Waals surface area contributed by atoms with Gasteiger partial charge >= 0.3 is 0 Å². The highest BCUT2D eigenvalue weighted by molar-refractivity contribution is 4.85. The average Bonchev–Trinajstić information content (AvgIpc) is 2.10. The minimum absolute atomic E-state index is 0.188. The van der Waals surface area contributed by atoms with Gasteiger partial charge in [0.05, 0.1) is 12.2 Å². The van der Waals surface area contributed by atoms with Crippen LogP contribution >= 0.6 is 0 Å². The fraction of sp³-hybridized carbons (Fsp3) is 1.00. The molecular weight excluding hydrogens is 152 g/mol. The lowest BCUT2D eigenvalue weighted by Gasteiger charge is -2.37. The Balaban J connectivity index is 2.45. The van der Waals surface area contributed by atoms with Gasteiger partial charge in [-0.25, -0.2) is 0 Å². The SMILES string of the molecule is CCOC1(CO)CCC(C)CC1. The van der Waals surface area contributed by atoms with Crippen molar-refractivity contribution in [3.05, 3.63) is 0 Å². The topological polar surface area (TPSA) is 29.5 Å². The number of aliphatic hydroxyl groups is 1. The van der Waals surface area contributed by atoms with E-state index in [1.165, 1.54) is 12.8 Å². The number of hydrogen-bond acceptors (Lipinski definition) is 2. The first kappa shape index (κ1) is 10.0. The number of hydrogen-bond donors (Lipinski definition) is 1. The van der Waals surface area contributed by atoms with E-state index in [1.807, 2.05) is 6.92 Å². The lowest BCUT2D eigenvalue weighted by Crippen LogP contribution is -2.40. The van der Waals surface area contributed by atoms with Crippen molar-refractivity contribution in [3.8, 4) is 0 Å². The zero-order chi connectivity index (χ0) is 9.03. The predicted molar refractivity (Wildman–Crippen MR) is 49.1 cm³/mol. The minimum Gasteiger partial charge on any atom is -0.393 e. The zero-order valence-corrected chi connectivity index (χ0v) is 8.18. The van der Waals surface area contributed by atoms with Crippen LogP contribution in [0.15, 0.2) is 0 Å². The fourth-order valence-corrected chi connectivity index (χ4v) is 1.94. The molecule has 1 N–H and O–H groups in total. The molecule has 0 saturated heterocycles. The Kier molecular flexibility index (Phi) is 3.53. The van der Waals surface area contributed by atoms with Crippen molar-refractivity contribution < 1.29 is 9.84 Å². The molecule has 0 bridgehead atoms. The van der Waals surface area contributed by atoms with Crippen LogP contribution in [-0.2, 0) is 4.74 Å². The van der Waals surface area contributed by atoms with Gasteiger partial charge in [-0.15, -0.1) is 0 Å². The van der Waals surface area contributed by atoms with Crippen molar-refractivity contribution in [3.63, 3.8) is 0 Å². The van der Waals surface area contributed by atoms with Gasteiger partial charge < -0.3 is 9.84 Å². The number of aliphatic hydroxyl groups excluding tert-OH is 1. The summed E-state index contributed by atoms with van der Waals surface area (Å²) in [4.78, 5) is 0. The molecule has 0 amide bonds. The van der Waals surface area contributed by atoms with E-state index in [-0.39, 0.29) is 12.2 Å². The Morgan fingerprint density at radius 1 is 1.42 bits per heavy atom. The van der Waals surface area contributed by atoms with E-state index in [0.29, 0.717) is 0 Å². The summed E-state index contributed by atoms with van der Waals surface area (Å²) in [6.45, 7) is 5.17. The Hall–Kier alpha value is -0.0800. The highest BCUT2D eigenvalue weighted by Gasteiger charge is 2.33. The third kappa shape index (κ3) is 2.20. The van der Waals surface area contributed by atoms with Crippen LogP contribution in [-0.4, -0.2) is 23.9 Å². The molecule has 1 aliphatic rings. The summed E-state index contributed by atoms with van der Waals surface area (Å²) in [5, 5.41) is 9.23. The molecule has 0 aliphatic heterocycles. The Morgan fingerprint density at radius 3 is 2.42 bits per heavy atom. The zero-order valence-electron chi connectivity index (χ0n) is 8.18. The maximum Gasteiger partial charge on any atom is 0.0912 e. The van der Waals surface area contributed by atoms with Gasteiger partial charge in [-0.2, -0.15) is 0 Å². The fourth-order valence-electron chi connectivity index (χ4n) is 1.94. The molecule has 2 heteroatoms. The summed E-state index contributed by atoms with van der Waals surface area (Å²) in [5.41, 5.74) is -0.193. The minimum atomic E-state index is -0.193. The highest BCUT2D eigenvalue weighted by Crippen LogP contribution is 2.34. The number of ether oxygens (including phenoxy) is 1. The standard InChI is InChI=1S/C10H20O2/c1-3-12-10(8-11)6-4-9(2)5-7-10/h9,11H,3-8H2,1-2H3. The molecule has 2 nitrogen and oxygen atoms in total. The molecule has 0 aromatic carbocycles. The third-order valence-electron chi connectivity index (χ3n) is 2.92. The van der Waals surface area contributed by atoms with Crippen molar-refractivity contribution >= 4 is 0 Å². The average molecular weight is 172 g/mol. The van der Waals surface area contributed by atoms with Gasteiger partial charge in [0.15, 0.2) is 0 Å². The molecule has 72 valence electrons. The largest absolute Gasteiger partial charge is 0.393 e. The van der Waals surface area contributed by atoms with Crippen LogP contribution in [0.3, 0.4) is 0 Å². The summed E-state index contributed by atoms with van der Waals surface area (Å²) in [6.07, 6.45) is 4.44. The van der Waals surface area contributed by atoms with Crippen LogP contribution in [0.2, 0.25) is 0 Å². The Labute approximate surface area is 74.9 Å². The first-order valence-corrected chi connectivity index (χ1v) is 4.97. The monoisotopic (exact) mass is 172 g/mol. The Morgan fingerprint density at radius 2 is 2.00 bits per heavy atom. The van der Waals surface area contributed by atoms with Crippen LogP contribution in [0.4, 0.5) is 0 Å². The normalized spacial score (nSPS) is 36.8. The van der Waals surface area contributed by atoms with Crippen LogP contribution in [0, 0.1) is 5.92 Å². The Bertz CT molecular complexity index is 126. The van der Waals surface area contributed by atoms with Crippen LogP contribution in [0.5, 0.6) is 0 Å². The lowest BCUT2D eigenvalue weighted by atomic mass is 9.80. The molecule has 1 rings (SSSR count). The molecule has 0 unspecified atom stereocenters. The second kappa shape index (κ2) is 4.24. The molecule has 0 heterocycles. The van der Waals surface area contributed by atoms with Gasteiger partial charge in [0.2, 0.25) is 0 Å². The molecule has 1 saturated carbocycles. The van der Waals surface area contributed by atoms with E-state index >= 15 is 0 Å². The van der Waals surface area contributed by atoms with Gasteiger partial charge in [0, 0.05) is 6.61 Å². The molecule has 0 aromatic heterocycles. The van der Waals surface area contributed by atoms with E-state index in [9.17, 15) is 5.11 Å². The lowest BCUT2D eigenvalue weighted by molar-refractivity contribution is -0.102. The first-order chi connectivity index (χ1) is 5.72. The number of rotatable bonds is 3. The third-order valence-corrected chi connectivity index (χ3v) is 2.92. The maximum atomic E-state index is 9.23. The quantitative estimate of drug-likeness (QED) is 0.705. The van der Waals surface area contributed by atoms with E-state index in [1.54, 1.807) is 0 Å². The second-order valence-corrected chi connectivity index (χ2v) is 3.96. The molecule has 0 atom stereocenters. The van der Waals surface area contributed by atoms with Gasteiger partial charge in [0.25, 0.3) is 0 Å². The highest BCUT2D eigenvalue weighted by atomic mass is 16.5. The van der Waals surface area contributed by atoms with Crippen LogP contribution in [0.25, 0.3) is 0 Å². The summed E-state index contributed by atoms with van der Waals surface area (Å²) in [5.74, 6) is 0.810. The van der Waals surface area contributed by atoms with Crippen molar-refractivity contribution in [1.29, 1.82) is 0 Å². The van der Waals surface area contributed by atoms with Crippen LogP contribution in [0.1, 0.15) is 39.5 Å². The molecule has 0 aromatic rings. The van der Waals surface area contributed by atoms with E-state index in [0.717, 1.165) is 25.4 Å². The summed E-state index contributed by atoms with van der Waals surface area (Å²) in [6, 6.07) is 0.